The molecule has 1 rings (SSSR count). The number of halogens is 1. The maximum absolute atomic E-state index is 10.9. The molecule has 2 N–H and O–H groups in total. The molecule has 16 heavy (non-hydrogen) atoms. The molecule has 0 bridgehead atoms. The molecule has 0 amide bonds. The fourth-order valence-corrected chi connectivity index (χ4v) is 2.19. The second kappa shape index (κ2) is 6.37. The van der Waals surface area contributed by atoms with Crippen LogP contribution in [0.1, 0.15) is 18.5 Å². The Bertz CT molecular complexity index is 384. The van der Waals surface area contributed by atoms with Crippen LogP contribution in [0.2, 0.25) is 0 Å². The first-order chi connectivity index (χ1) is 7.50. The highest BCUT2D eigenvalue weighted by molar-refractivity contribution is 9.10. The van der Waals surface area contributed by atoms with E-state index in [1.807, 2.05) is 13.0 Å². The Morgan fingerprint density at radius 1 is 1.56 bits per heavy atom. The normalized spacial score (nSPS) is 14.7. The summed E-state index contributed by atoms with van der Waals surface area (Å²) in [6.07, 6.45) is 1.68. The molecule has 0 heterocycles. The molecular formula is C11H16BrNO2S. The molecule has 0 aliphatic carbocycles. The van der Waals surface area contributed by atoms with Gasteiger partial charge in [-0.25, -0.2) is 0 Å². The van der Waals surface area contributed by atoms with Crippen LogP contribution < -0.4 is 5.32 Å². The lowest BCUT2D eigenvalue weighted by Crippen LogP contribution is -2.23. The van der Waals surface area contributed by atoms with Gasteiger partial charge in [0.05, 0.1) is 0 Å². The van der Waals surface area contributed by atoms with Gasteiger partial charge in [0.15, 0.2) is 0 Å². The minimum Gasteiger partial charge on any atom is -0.508 e. The molecule has 5 heteroatoms. The van der Waals surface area contributed by atoms with Gasteiger partial charge in [-0.1, -0.05) is 15.9 Å². The first-order valence-electron chi connectivity index (χ1n) is 5.02. The topological polar surface area (TPSA) is 49.3 Å². The van der Waals surface area contributed by atoms with E-state index in [2.05, 4.69) is 21.2 Å². The molecule has 3 nitrogen and oxygen atoms in total. The second-order valence-electron chi connectivity index (χ2n) is 3.66. The van der Waals surface area contributed by atoms with Gasteiger partial charge in [-0.05, 0) is 25.1 Å². The number of benzene rings is 1. The molecule has 0 fully saturated rings. The van der Waals surface area contributed by atoms with Crippen molar-refractivity contribution in [1.82, 2.24) is 5.32 Å². The Balaban J connectivity index is 2.61. The average Bonchev–Trinajstić information content (AvgIpc) is 2.21. The number of aromatic hydroxyl groups is 1. The highest BCUT2D eigenvalue weighted by atomic mass is 79.9. The summed E-state index contributed by atoms with van der Waals surface area (Å²) in [4.78, 5) is 0. The molecule has 90 valence electrons. The minimum absolute atomic E-state index is 0.0426. The van der Waals surface area contributed by atoms with Crippen molar-refractivity contribution in [2.24, 2.45) is 0 Å². The fourth-order valence-electron chi connectivity index (χ4n) is 1.40. The predicted molar refractivity (Wildman–Crippen MR) is 71.2 cm³/mol. The summed E-state index contributed by atoms with van der Waals surface area (Å²) in [6, 6.07) is 5.39. The summed E-state index contributed by atoms with van der Waals surface area (Å²) in [5.74, 6) is 0.903. The van der Waals surface area contributed by atoms with Crippen LogP contribution >= 0.6 is 15.9 Å². The van der Waals surface area contributed by atoms with Crippen LogP contribution in [0.15, 0.2) is 22.7 Å². The van der Waals surface area contributed by atoms with Crippen LogP contribution in [0.25, 0.3) is 0 Å². The third-order valence-corrected chi connectivity index (χ3v) is 3.57. The number of hydrogen-bond acceptors (Lipinski definition) is 3. The van der Waals surface area contributed by atoms with Crippen LogP contribution in [-0.2, 0) is 10.8 Å². The van der Waals surface area contributed by atoms with Crippen molar-refractivity contribution in [1.29, 1.82) is 0 Å². The Labute approximate surface area is 107 Å². The van der Waals surface area contributed by atoms with Crippen LogP contribution in [0, 0.1) is 0 Å². The van der Waals surface area contributed by atoms with Crippen molar-refractivity contribution in [3.05, 3.63) is 28.2 Å². The summed E-state index contributed by atoms with van der Waals surface area (Å²) < 4.78 is 11.8. The van der Waals surface area contributed by atoms with E-state index >= 15 is 0 Å². The van der Waals surface area contributed by atoms with Crippen molar-refractivity contribution in [3.8, 4) is 5.75 Å². The Morgan fingerprint density at radius 2 is 2.25 bits per heavy atom. The second-order valence-corrected chi connectivity index (χ2v) is 6.13. The lowest BCUT2D eigenvalue weighted by molar-refractivity contribution is 0.454. The standard InChI is InChI=1S/C11H16BrNO2S/c1-8(13-5-6-16(2)15)10-7-9(12)3-4-11(10)14/h3-4,7-8,13-14H,5-6H2,1-2H3. The van der Waals surface area contributed by atoms with E-state index in [-0.39, 0.29) is 11.8 Å². The van der Waals surface area contributed by atoms with Crippen LogP contribution in [0.5, 0.6) is 5.75 Å². The molecule has 0 saturated carbocycles. The third-order valence-electron chi connectivity index (χ3n) is 2.30. The summed E-state index contributed by atoms with van der Waals surface area (Å²) in [7, 11) is -0.782. The molecule has 0 aliphatic rings. The van der Waals surface area contributed by atoms with Gasteiger partial charge < -0.3 is 10.4 Å². The number of phenolic OH excluding ortho intramolecular Hbond substituents is 1. The number of nitrogens with one attached hydrogen (secondary N) is 1. The monoisotopic (exact) mass is 305 g/mol. The Morgan fingerprint density at radius 3 is 2.88 bits per heavy atom. The lowest BCUT2D eigenvalue weighted by atomic mass is 10.1. The van der Waals surface area contributed by atoms with Crippen molar-refractivity contribution in [3.63, 3.8) is 0 Å². The molecule has 0 aliphatic heterocycles. The minimum atomic E-state index is -0.782. The maximum atomic E-state index is 10.9. The molecule has 2 atom stereocenters. The zero-order valence-electron chi connectivity index (χ0n) is 9.37. The van der Waals surface area contributed by atoms with Crippen LogP contribution in [0.3, 0.4) is 0 Å². The van der Waals surface area contributed by atoms with E-state index < -0.39 is 10.8 Å². The van der Waals surface area contributed by atoms with Crippen molar-refractivity contribution < 1.29 is 9.32 Å². The van der Waals surface area contributed by atoms with Crippen molar-refractivity contribution >= 4 is 26.7 Å². The average molecular weight is 306 g/mol. The van der Waals surface area contributed by atoms with Crippen LogP contribution in [-0.4, -0.2) is 27.9 Å². The predicted octanol–water partition coefficient (Wildman–Crippen LogP) is 2.18. The fraction of sp³-hybridized carbons (Fsp3) is 0.455. The van der Waals surface area contributed by atoms with Gasteiger partial charge >= 0.3 is 0 Å². The van der Waals surface area contributed by atoms with Gasteiger partial charge in [0.2, 0.25) is 0 Å². The first kappa shape index (κ1) is 13.7. The Hall–Kier alpha value is -0.390. The molecule has 2 unspecified atom stereocenters. The molecular weight excluding hydrogens is 290 g/mol. The van der Waals surface area contributed by atoms with Crippen molar-refractivity contribution in [2.45, 2.75) is 13.0 Å². The molecule has 1 aromatic carbocycles. The molecule has 0 radical (unpaired) electrons. The summed E-state index contributed by atoms with van der Waals surface area (Å²) >= 11 is 3.37. The van der Waals surface area contributed by atoms with E-state index in [0.717, 1.165) is 10.0 Å². The summed E-state index contributed by atoms with van der Waals surface area (Å²) in [5, 5.41) is 12.9. The summed E-state index contributed by atoms with van der Waals surface area (Å²) in [5.41, 5.74) is 0.844. The maximum Gasteiger partial charge on any atom is 0.120 e. The smallest absolute Gasteiger partial charge is 0.120 e. The highest BCUT2D eigenvalue weighted by Gasteiger charge is 2.10. The van der Waals surface area contributed by atoms with E-state index in [1.54, 1.807) is 18.4 Å². The van der Waals surface area contributed by atoms with Gasteiger partial charge in [0, 0.05) is 45.4 Å². The van der Waals surface area contributed by atoms with Crippen LogP contribution in [0.4, 0.5) is 0 Å². The quantitative estimate of drug-likeness (QED) is 0.876. The number of phenols is 1. The zero-order valence-corrected chi connectivity index (χ0v) is 11.8. The molecule has 0 aromatic heterocycles. The van der Waals surface area contributed by atoms with E-state index in [4.69, 9.17) is 0 Å². The van der Waals surface area contributed by atoms with Gasteiger partial charge in [0.25, 0.3) is 0 Å². The summed E-state index contributed by atoms with van der Waals surface area (Å²) in [6.45, 7) is 2.65. The van der Waals surface area contributed by atoms with Gasteiger partial charge in [-0.2, -0.15) is 0 Å². The number of rotatable bonds is 5. The van der Waals surface area contributed by atoms with Gasteiger partial charge in [-0.15, -0.1) is 0 Å². The number of hydrogen-bond donors (Lipinski definition) is 2. The van der Waals surface area contributed by atoms with E-state index in [0.29, 0.717) is 12.3 Å². The van der Waals surface area contributed by atoms with Gasteiger partial charge in [0.1, 0.15) is 5.75 Å². The van der Waals surface area contributed by atoms with Crippen molar-refractivity contribution in [2.75, 3.05) is 18.6 Å². The largest absolute Gasteiger partial charge is 0.508 e. The molecule has 0 saturated heterocycles. The third kappa shape index (κ3) is 4.23. The zero-order chi connectivity index (χ0) is 12.1. The lowest BCUT2D eigenvalue weighted by Gasteiger charge is -2.15. The Kier molecular flexibility index (Phi) is 5.44. The van der Waals surface area contributed by atoms with E-state index in [9.17, 15) is 9.32 Å². The first-order valence-corrected chi connectivity index (χ1v) is 7.54. The molecule has 0 spiro atoms. The highest BCUT2D eigenvalue weighted by Crippen LogP contribution is 2.27. The molecule has 1 aromatic rings. The van der Waals surface area contributed by atoms with Gasteiger partial charge in [-0.3, -0.25) is 4.21 Å². The SMILES string of the molecule is CC(NCCS(C)=O)c1cc(Br)ccc1O. The van der Waals surface area contributed by atoms with E-state index in [1.165, 1.54) is 0 Å².